The van der Waals surface area contributed by atoms with Gasteiger partial charge in [0.05, 0.1) is 14.2 Å². The highest BCUT2D eigenvalue weighted by atomic mass is 35.5. The Bertz CT molecular complexity index is 392. The summed E-state index contributed by atoms with van der Waals surface area (Å²) in [5, 5.41) is 0.632. The molecule has 0 spiro atoms. The fraction of sp³-hybridized carbons (Fsp3) is 0.571. The van der Waals surface area contributed by atoms with Crippen molar-refractivity contribution in [2.24, 2.45) is 11.7 Å². The van der Waals surface area contributed by atoms with Gasteiger partial charge in [-0.15, -0.1) is 0 Å². The van der Waals surface area contributed by atoms with Crippen molar-refractivity contribution in [3.8, 4) is 11.5 Å². The van der Waals surface area contributed by atoms with Crippen LogP contribution in [0.25, 0.3) is 0 Å². The summed E-state index contributed by atoms with van der Waals surface area (Å²) < 4.78 is 10.5. The lowest BCUT2D eigenvalue weighted by Gasteiger charge is -2.23. The highest BCUT2D eigenvalue weighted by molar-refractivity contribution is 6.31. The molecule has 1 aromatic rings. The molecule has 0 bridgehead atoms. The standard InChI is InChI=1S/C14H22ClNO2/c1-5-9(6-2)14(16)10-7-12(17-3)13(18-4)8-11(10)15/h7-9,14H,5-6,16H2,1-4H3. The molecule has 0 aliphatic rings. The molecule has 0 heterocycles. The van der Waals surface area contributed by atoms with E-state index in [0.29, 0.717) is 22.4 Å². The van der Waals surface area contributed by atoms with Crippen LogP contribution >= 0.6 is 11.6 Å². The smallest absolute Gasteiger partial charge is 0.162 e. The monoisotopic (exact) mass is 271 g/mol. The lowest BCUT2D eigenvalue weighted by atomic mass is 9.89. The first-order chi connectivity index (χ1) is 8.58. The molecule has 0 aliphatic carbocycles. The number of hydrogen-bond donors (Lipinski definition) is 1. The molecular formula is C14H22ClNO2. The maximum absolute atomic E-state index is 6.30. The Kier molecular flexibility index (Phi) is 5.76. The van der Waals surface area contributed by atoms with Crippen molar-refractivity contribution in [2.75, 3.05) is 14.2 Å². The lowest BCUT2D eigenvalue weighted by molar-refractivity contribution is 0.352. The maximum atomic E-state index is 6.30. The van der Waals surface area contributed by atoms with Crippen LogP contribution in [-0.4, -0.2) is 14.2 Å². The van der Waals surface area contributed by atoms with Crippen molar-refractivity contribution in [3.63, 3.8) is 0 Å². The molecule has 1 unspecified atom stereocenters. The third-order valence-electron chi connectivity index (χ3n) is 3.42. The van der Waals surface area contributed by atoms with Crippen LogP contribution in [0.3, 0.4) is 0 Å². The topological polar surface area (TPSA) is 44.5 Å². The summed E-state index contributed by atoms with van der Waals surface area (Å²) in [4.78, 5) is 0. The summed E-state index contributed by atoms with van der Waals surface area (Å²) in [5.74, 6) is 1.71. The molecule has 1 aromatic carbocycles. The fourth-order valence-corrected chi connectivity index (χ4v) is 2.46. The quantitative estimate of drug-likeness (QED) is 0.856. The van der Waals surface area contributed by atoms with E-state index in [2.05, 4.69) is 13.8 Å². The minimum Gasteiger partial charge on any atom is -0.493 e. The first-order valence-corrected chi connectivity index (χ1v) is 6.63. The van der Waals surface area contributed by atoms with E-state index in [1.807, 2.05) is 6.07 Å². The Hall–Kier alpha value is -0.930. The van der Waals surface area contributed by atoms with E-state index >= 15 is 0 Å². The maximum Gasteiger partial charge on any atom is 0.162 e. The summed E-state index contributed by atoms with van der Waals surface area (Å²) in [6, 6.07) is 3.56. The minimum absolute atomic E-state index is 0.0766. The van der Waals surface area contributed by atoms with Crippen LogP contribution in [0.15, 0.2) is 12.1 Å². The van der Waals surface area contributed by atoms with Gasteiger partial charge in [-0.3, -0.25) is 0 Å². The van der Waals surface area contributed by atoms with Gasteiger partial charge < -0.3 is 15.2 Å². The van der Waals surface area contributed by atoms with Crippen LogP contribution in [0.5, 0.6) is 11.5 Å². The van der Waals surface area contributed by atoms with Crippen LogP contribution in [0.4, 0.5) is 0 Å². The zero-order valence-electron chi connectivity index (χ0n) is 11.5. The lowest BCUT2D eigenvalue weighted by Crippen LogP contribution is -2.21. The Morgan fingerprint density at radius 2 is 1.61 bits per heavy atom. The summed E-state index contributed by atoms with van der Waals surface area (Å²) in [6.07, 6.45) is 2.06. The predicted octanol–water partition coefficient (Wildman–Crippen LogP) is 3.79. The summed E-state index contributed by atoms with van der Waals surface area (Å²) >= 11 is 6.27. The average Bonchev–Trinajstić information content (AvgIpc) is 2.39. The normalized spacial score (nSPS) is 12.6. The van der Waals surface area contributed by atoms with E-state index in [9.17, 15) is 0 Å². The molecule has 0 radical (unpaired) electrons. The zero-order valence-corrected chi connectivity index (χ0v) is 12.3. The molecule has 0 saturated carbocycles. The van der Waals surface area contributed by atoms with Crippen molar-refractivity contribution in [3.05, 3.63) is 22.7 Å². The molecule has 18 heavy (non-hydrogen) atoms. The van der Waals surface area contributed by atoms with E-state index in [0.717, 1.165) is 18.4 Å². The number of nitrogens with two attached hydrogens (primary N) is 1. The van der Waals surface area contributed by atoms with Gasteiger partial charge in [0.25, 0.3) is 0 Å². The van der Waals surface area contributed by atoms with Gasteiger partial charge in [0.15, 0.2) is 11.5 Å². The van der Waals surface area contributed by atoms with E-state index in [-0.39, 0.29) is 6.04 Å². The van der Waals surface area contributed by atoms with Gasteiger partial charge >= 0.3 is 0 Å². The zero-order chi connectivity index (χ0) is 13.7. The molecule has 1 atom stereocenters. The van der Waals surface area contributed by atoms with Gasteiger partial charge in [-0.05, 0) is 17.5 Å². The first kappa shape index (κ1) is 15.1. The Morgan fingerprint density at radius 1 is 1.11 bits per heavy atom. The van der Waals surface area contributed by atoms with Crippen LogP contribution in [0.2, 0.25) is 5.02 Å². The van der Waals surface area contributed by atoms with Gasteiger partial charge in [-0.1, -0.05) is 38.3 Å². The average molecular weight is 272 g/mol. The Labute approximate surface area is 114 Å². The van der Waals surface area contributed by atoms with E-state index < -0.39 is 0 Å². The SMILES string of the molecule is CCC(CC)C(N)c1cc(OC)c(OC)cc1Cl. The third-order valence-corrected chi connectivity index (χ3v) is 3.75. The third kappa shape index (κ3) is 3.09. The number of benzene rings is 1. The molecule has 0 amide bonds. The number of rotatable bonds is 6. The van der Waals surface area contributed by atoms with Crippen LogP contribution in [0.1, 0.15) is 38.3 Å². The number of methoxy groups -OCH3 is 2. The molecule has 0 fully saturated rings. The molecule has 0 saturated heterocycles. The minimum atomic E-state index is -0.0766. The summed E-state index contributed by atoms with van der Waals surface area (Å²) in [5.41, 5.74) is 7.21. The molecule has 0 aromatic heterocycles. The first-order valence-electron chi connectivity index (χ1n) is 6.25. The van der Waals surface area contributed by atoms with Gasteiger partial charge in [-0.25, -0.2) is 0 Å². The number of hydrogen-bond acceptors (Lipinski definition) is 3. The second-order valence-corrected chi connectivity index (χ2v) is 4.74. The fourth-order valence-electron chi connectivity index (χ4n) is 2.18. The highest BCUT2D eigenvalue weighted by Crippen LogP contribution is 2.38. The van der Waals surface area contributed by atoms with Crippen molar-refractivity contribution in [1.29, 1.82) is 0 Å². The van der Waals surface area contributed by atoms with Gasteiger partial charge in [0, 0.05) is 17.1 Å². The largest absolute Gasteiger partial charge is 0.493 e. The van der Waals surface area contributed by atoms with Gasteiger partial charge in [0.2, 0.25) is 0 Å². The van der Waals surface area contributed by atoms with Gasteiger partial charge in [0.1, 0.15) is 0 Å². The second-order valence-electron chi connectivity index (χ2n) is 4.33. The van der Waals surface area contributed by atoms with Crippen molar-refractivity contribution in [2.45, 2.75) is 32.7 Å². The summed E-state index contributed by atoms with van der Waals surface area (Å²) in [6.45, 7) is 4.28. The van der Waals surface area contributed by atoms with E-state index in [1.165, 1.54) is 0 Å². The molecule has 2 N–H and O–H groups in total. The summed E-state index contributed by atoms with van der Waals surface area (Å²) in [7, 11) is 3.20. The molecule has 4 heteroatoms. The second kappa shape index (κ2) is 6.86. The predicted molar refractivity (Wildman–Crippen MR) is 75.6 cm³/mol. The molecule has 1 rings (SSSR count). The Morgan fingerprint density at radius 3 is 2.06 bits per heavy atom. The highest BCUT2D eigenvalue weighted by Gasteiger charge is 2.21. The Balaban J connectivity index is 3.16. The molecule has 3 nitrogen and oxygen atoms in total. The molecular weight excluding hydrogens is 250 g/mol. The van der Waals surface area contributed by atoms with Crippen LogP contribution in [-0.2, 0) is 0 Å². The van der Waals surface area contributed by atoms with Crippen LogP contribution < -0.4 is 15.2 Å². The number of halogens is 1. The molecule has 0 aliphatic heterocycles. The van der Waals surface area contributed by atoms with E-state index in [1.54, 1.807) is 20.3 Å². The molecule has 102 valence electrons. The van der Waals surface area contributed by atoms with Crippen molar-refractivity contribution in [1.82, 2.24) is 0 Å². The van der Waals surface area contributed by atoms with Crippen molar-refractivity contribution < 1.29 is 9.47 Å². The number of ether oxygens (including phenoxy) is 2. The van der Waals surface area contributed by atoms with Gasteiger partial charge in [-0.2, -0.15) is 0 Å². The van der Waals surface area contributed by atoms with Crippen LogP contribution in [0, 0.1) is 5.92 Å². The van der Waals surface area contributed by atoms with Crippen molar-refractivity contribution >= 4 is 11.6 Å². The van der Waals surface area contributed by atoms with E-state index in [4.69, 9.17) is 26.8 Å².